The minimum atomic E-state index is -0.705. The molecule has 0 aliphatic carbocycles. The maximum Gasteiger partial charge on any atom is 0.303 e. The molecule has 114 valence electrons. The fourth-order valence-corrected chi connectivity index (χ4v) is 3.18. The summed E-state index contributed by atoms with van der Waals surface area (Å²) in [6.07, 6.45) is 4.30. The molecule has 1 N–H and O–H groups in total. The van der Waals surface area contributed by atoms with Crippen LogP contribution >= 0.6 is 0 Å². The molecule has 1 unspecified atom stereocenters. The largest absolute Gasteiger partial charge is 0.481 e. The van der Waals surface area contributed by atoms with E-state index in [0.717, 1.165) is 43.9 Å². The summed E-state index contributed by atoms with van der Waals surface area (Å²) in [5.41, 5.74) is 1.27. The van der Waals surface area contributed by atoms with Crippen LogP contribution in [0.4, 0.5) is 0 Å². The molecule has 5 heteroatoms. The van der Waals surface area contributed by atoms with Crippen molar-refractivity contribution >= 4 is 5.97 Å². The van der Waals surface area contributed by atoms with Crippen molar-refractivity contribution in [2.75, 3.05) is 19.9 Å². The van der Waals surface area contributed by atoms with Crippen molar-refractivity contribution in [2.45, 2.75) is 38.1 Å². The van der Waals surface area contributed by atoms with Gasteiger partial charge < -0.3 is 14.6 Å². The fourth-order valence-electron chi connectivity index (χ4n) is 3.18. The van der Waals surface area contributed by atoms with Crippen LogP contribution in [0.15, 0.2) is 18.2 Å². The fraction of sp³-hybridized carbons (Fsp3) is 0.562. The number of nitrogens with zero attached hydrogens (tertiary/aromatic N) is 1. The number of likely N-dealkylation sites (tertiary alicyclic amines) is 1. The van der Waals surface area contributed by atoms with E-state index >= 15 is 0 Å². The number of carbonyl (C=O) groups is 1. The van der Waals surface area contributed by atoms with E-state index in [1.807, 2.05) is 6.07 Å². The summed E-state index contributed by atoms with van der Waals surface area (Å²) in [7, 11) is 0. The SMILES string of the molecule is O=C(O)CCCCN1CCCC1c1ccc2c(c1)OCO2. The van der Waals surface area contributed by atoms with E-state index in [4.69, 9.17) is 14.6 Å². The summed E-state index contributed by atoms with van der Waals surface area (Å²) in [5.74, 6) is 0.957. The first-order valence-electron chi connectivity index (χ1n) is 7.59. The molecule has 2 aliphatic heterocycles. The molecule has 0 bridgehead atoms. The number of ether oxygens (including phenoxy) is 2. The number of carboxylic acids is 1. The van der Waals surface area contributed by atoms with Crippen molar-refractivity contribution in [2.24, 2.45) is 0 Å². The second-order valence-electron chi connectivity index (χ2n) is 5.66. The van der Waals surface area contributed by atoms with Gasteiger partial charge >= 0.3 is 5.97 Å². The number of rotatable bonds is 6. The number of hydrogen-bond acceptors (Lipinski definition) is 4. The number of unbranched alkanes of at least 4 members (excludes halogenated alkanes) is 1. The topological polar surface area (TPSA) is 59.0 Å². The highest BCUT2D eigenvalue weighted by molar-refractivity contribution is 5.66. The van der Waals surface area contributed by atoms with Gasteiger partial charge in [0.15, 0.2) is 11.5 Å². The predicted octanol–water partition coefficient (Wildman–Crippen LogP) is 2.81. The van der Waals surface area contributed by atoms with Crippen molar-refractivity contribution < 1.29 is 19.4 Å². The lowest BCUT2D eigenvalue weighted by atomic mass is 10.0. The van der Waals surface area contributed by atoms with Crippen molar-refractivity contribution in [3.8, 4) is 11.5 Å². The molecule has 1 aromatic rings. The minimum absolute atomic E-state index is 0.266. The molecular formula is C16H21NO4. The molecule has 1 atom stereocenters. The normalized spacial score (nSPS) is 20.9. The van der Waals surface area contributed by atoms with E-state index in [0.29, 0.717) is 12.8 Å². The third-order valence-corrected chi connectivity index (χ3v) is 4.23. The Hall–Kier alpha value is -1.75. The van der Waals surface area contributed by atoms with Gasteiger partial charge in [-0.25, -0.2) is 0 Å². The Labute approximate surface area is 124 Å². The minimum Gasteiger partial charge on any atom is -0.481 e. The Balaban J connectivity index is 1.60. The highest BCUT2D eigenvalue weighted by Gasteiger charge is 2.27. The highest BCUT2D eigenvalue weighted by atomic mass is 16.7. The summed E-state index contributed by atoms with van der Waals surface area (Å²) in [4.78, 5) is 13.0. The Morgan fingerprint density at radius 2 is 2.14 bits per heavy atom. The molecule has 0 radical (unpaired) electrons. The average Bonchev–Trinajstić information content (AvgIpc) is 3.11. The Bertz CT molecular complexity index is 517. The Morgan fingerprint density at radius 1 is 1.29 bits per heavy atom. The van der Waals surface area contributed by atoms with Gasteiger partial charge in [-0.15, -0.1) is 0 Å². The summed E-state index contributed by atoms with van der Waals surface area (Å²) in [6.45, 7) is 2.36. The van der Waals surface area contributed by atoms with E-state index in [9.17, 15) is 4.79 Å². The van der Waals surface area contributed by atoms with Crippen LogP contribution < -0.4 is 9.47 Å². The molecule has 0 amide bonds. The van der Waals surface area contributed by atoms with Crippen LogP contribution in [0, 0.1) is 0 Å². The van der Waals surface area contributed by atoms with E-state index in [1.54, 1.807) is 0 Å². The van der Waals surface area contributed by atoms with Crippen molar-refractivity contribution in [1.29, 1.82) is 0 Å². The summed E-state index contributed by atoms with van der Waals surface area (Å²) >= 11 is 0. The van der Waals surface area contributed by atoms with Crippen molar-refractivity contribution in [1.82, 2.24) is 4.90 Å². The molecule has 1 saturated heterocycles. The zero-order chi connectivity index (χ0) is 14.7. The maximum atomic E-state index is 10.6. The predicted molar refractivity (Wildman–Crippen MR) is 77.6 cm³/mol. The molecule has 5 nitrogen and oxygen atoms in total. The van der Waals surface area contributed by atoms with Gasteiger partial charge in [-0.1, -0.05) is 6.07 Å². The smallest absolute Gasteiger partial charge is 0.303 e. The van der Waals surface area contributed by atoms with E-state index < -0.39 is 5.97 Å². The van der Waals surface area contributed by atoms with Gasteiger partial charge in [0.05, 0.1) is 0 Å². The van der Waals surface area contributed by atoms with Crippen LogP contribution in [0.25, 0.3) is 0 Å². The molecule has 21 heavy (non-hydrogen) atoms. The van der Waals surface area contributed by atoms with Gasteiger partial charge in [-0.2, -0.15) is 0 Å². The zero-order valence-electron chi connectivity index (χ0n) is 12.1. The Kier molecular flexibility index (Phi) is 4.29. The molecule has 0 spiro atoms. The van der Waals surface area contributed by atoms with Crippen LogP contribution in [0.1, 0.15) is 43.7 Å². The zero-order valence-corrected chi connectivity index (χ0v) is 12.1. The molecule has 3 rings (SSSR count). The highest BCUT2D eigenvalue weighted by Crippen LogP contribution is 2.38. The van der Waals surface area contributed by atoms with Crippen molar-refractivity contribution in [3.05, 3.63) is 23.8 Å². The average molecular weight is 291 g/mol. The number of carboxylic acid groups (broad SMARTS) is 1. The third-order valence-electron chi connectivity index (χ3n) is 4.23. The van der Waals surface area contributed by atoms with Crippen LogP contribution in [0.3, 0.4) is 0 Å². The number of benzene rings is 1. The van der Waals surface area contributed by atoms with Gasteiger partial charge in [0.1, 0.15) is 0 Å². The standard InChI is InChI=1S/C16H21NO4/c18-16(19)5-1-2-8-17-9-3-4-13(17)12-6-7-14-15(10-12)21-11-20-14/h6-7,10,13H,1-5,8-9,11H2,(H,18,19). The van der Waals surface area contributed by atoms with Crippen LogP contribution in [-0.4, -0.2) is 35.9 Å². The number of fused-ring (bicyclic) bond motifs is 1. The first kappa shape index (κ1) is 14.2. The van der Waals surface area contributed by atoms with Crippen LogP contribution in [0.5, 0.6) is 11.5 Å². The van der Waals surface area contributed by atoms with Gasteiger partial charge in [0.2, 0.25) is 6.79 Å². The first-order chi connectivity index (χ1) is 10.2. The van der Waals surface area contributed by atoms with Gasteiger partial charge in [-0.05, 0) is 56.5 Å². The van der Waals surface area contributed by atoms with Gasteiger partial charge in [-0.3, -0.25) is 9.69 Å². The summed E-state index contributed by atoms with van der Waals surface area (Å²) in [6, 6.07) is 6.61. The lowest BCUT2D eigenvalue weighted by Crippen LogP contribution is -2.24. The summed E-state index contributed by atoms with van der Waals surface area (Å²) < 4.78 is 10.8. The quantitative estimate of drug-likeness (QED) is 0.817. The summed E-state index contributed by atoms with van der Waals surface area (Å²) in [5, 5.41) is 8.69. The van der Waals surface area contributed by atoms with Gasteiger partial charge in [0.25, 0.3) is 0 Å². The molecule has 0 saturated carbocycles. The third kappa shape index (κ3) is 3.29. The number of aliphatic carboxylic acids is 1. The van der Waals surface area contributed by atoms with E-state index in [2.05, 4.69) is 17.0 Å². The molecule has 2 aliphatic rings. The molecule has 2 heterocycles. The van der Waals surface area contributed by atoms with Crippen LogP contribution in [0.2, 0.25) is 0 Å². The van der Waals surface area contributed by atoms with Crippen molar-refractivity contribution in [3.63, 3.8) is 0 Å². The molecule has 1 aromatic carbocycles. The lowest BCUT2D eigenvalue weighted by molar-refractivity contribution is -0.137. The molecular weight excluding hydrogens is 270 g/mol. The lowest BCUT2D eigenvalue weighted by Gasteiger charge is -2.24. The van der Waals surface area contributed by atoms with E-state index in [1.165, 1.54) is 12.0 Å². The number of hydrogen-bond donors (Lipinski definition) is 1. The molecule has 0 aromatic heterocycles. The van der Waals surface area contributed by atoms with Gasteiger partial charge in [0, 0.05) is 12.5 Å². The molecule has 1 fully saturated rings. The Morgan fingerprint density at radius 3 is 3.00 bits per heavy atom. The van der Waals surface area contributed by atoms with Crippen LogP contribution in [-0.2, 0) is 4.79 Å². The monoisotopic (exact) mass is 291 g/mol. The second-order valence-corrected chi connectivity index (χ2v) is 5.66. The first-order valence-corrected chi connectivity index (χ1v) is 7.59. The van der Waals surface area contributed by atoms with E-state index in [-0.39, 0.29) is 6.42 Å². The maximum absolute atomic E-state index is 10.6. The second kappa shape index (κ2) is 6.35.